The van der Waals surface area contributed by atoms with Crippen molar-refractivity contribution in [3.8, 4) is 6.07 Å². The van der Waals surface area contributed by atoms with Crippen molar-refractivity contribution in [2.75, 3.05) is 13.1 Å². The topological polar surface area (TPSA) is 27.0 Å². The molecule has 0 unspecified atom stereocenters. The van der Waals surface area contributed by atoms with Crippen molar-refractivity contribution in [3.63, 3.8) is 0 Å². The van der Waals surface area contributed by atoms with E-state index in [1.807, 2.05) is 0 Å². The predicted molar refractivity (Wildman–Crippen MR) is 63.2 cm³/mol. The largest absolute Gasteiger partial charge is 0.285 e. The molecular formula is C10H13BrN2S. The summed E-state index contributed by atoms with van der Waals surface area (Å²) in [5.74, 6) is 0. The summed E-state index contributed by atoms with van der Waals surface area (Å²) in [6, 6.07) is 4.31. The van der Waals surface area contributed by atoms with Crippen LogP contribution in [-0.2, 0) is 6.54 Å². The number of hydrogen-bond acceptors (Lipinski definition) is 3. The molecule has 0 atom stereocenters. The zero-order chi connectivity index (χ0) is 10.4. The monoisotopic (exact) mass is 272 g/mol. The maximum absolute atomic E-state index is 8.65. The van der Waals surface area contributed by atoms with Crippen LogP contribution < -0.4 is 0 Å². The van der Waals surface area contributed by atoms with E-state index in [1.165, 1.54) is 4.88 Å². The highest BCUT2D eigenvalue weighted by atomic mass is 79.9. The molecule has 0 saturated carbocycles. The zero-order valence-electron chi connectivity index (χ0n) is 8.16. The van der Waals surface area contributed by atoms with Crippen LogP contribution >= 0.6 is 27.3 Å². The number of rotatable bonds is 5. The highest BCUT2D eigenvalue weighted by Gasteiger charge is 2.05. The summed E-state index contributed by atoms with van der Waals surface area (Å²) in [7, 11) is 0. The first-order valence-corrected chi connectivity index (χ1v) is 6.25. The number of nitrogens with zero attached hydrogens (tertiary/aromatic N) is 2. The Morgan fingerprint density at radius 2 is 2.43 bits per heavy atom. The predicted octanol–water partition coefficient (Wildman–Crippen LogP) is 3.25. The summed E-state index contributed by atoms with van der Waals surface area (Å²) in [6.07, 6.45) is 1.09. The van der Waals surface area contributed by atoms with Gasteiger partial charge in [0.05, 0.1) is 12.6 Å². The SMILES string of the molecule is CCCN(CC#N)Cc1cc(Br)cs1. The Kier molecular flexibility index (Phi) is 5.16. The standard InChI is InChI=1S/C10H13BrN2S/c1-2-4-13(5-3-12)7-10-6-9(11)8-14-10/h6,8H,2,4-5,7H2,1H3. The first kappa shape index (κ1) is 11.7. The number of hydrogen-bond donors (Lipinski definition) is 0. The van der Waals surface area contributed by atoms with Gasteiger partial charge in [0, 0.05) is 21.3 Å². The van der Waals surface area contributed by atoms with E-state index in [0.29, 0.717) is 6.54 Å². The van der Waals surface area contributed by atoms with Gasteiger partial charge in [0.1, 0.15) is 0 Å². The van der Waals surface area contributed by atoms with Crippen LogP contribution in [0.2, 0.25) is 0 Å². The normalized spacial score (nSPS) is 10.4. The second-order valence-corrected chi connectivity index (χ2v) is 5.01. The van der Waals surface area contributed by atoms with Crippen LogP contribution in [0.4, 0.5) is 0 Å². The molecular weight excluding hydrogens is 260 g/mol. The Hall–Kier alpha value is -0.370. The van der Waals surface area contributed by atoms with Crippen LogP contribution in [0.1, 0.15) is 18.2 Å². The lowest BCUT2D eigenvalue weighted by Gasteiger charge is -2.16. The van der Waals surface area contributed by atoms with E-state index in [0.717, 1.165) is 24.0 Å². The summed E-state index contributed by atoms with van der Waals surface area (Å²) < 4.78 is 1.13. The number of halogens is 1. The molecule has 0 aliphatic heterocycles. The average molecular weight is 273 g/mol. The summed E-state index contributed by atoms with van der Waals surface area (Å²) in [4.78, 5) is 3.47. The smallest absolute Gasteiger partial charge is 0.0869 e. The molecule has 0 spiro atoms. The van der Waals surface area contributed by atoms with Crippen molar-refractivity contribution in [3.05, 3.63) is 20.8 Å². The van der Waals surface area contributed by atoms with Crippen molar-refractivity contribution >= 4 is 27.3 Å². The third kappa shape index (κ3) is 3.79. The van der Waals surface area contributed by atoms with E-state index < -0.39 is 0 Å². The van der Waals surface area contributed by atoms with E-state index in [1.54, 1.807) is 11.3 Å². The molecule has 0 aromatic carbocycles. The van der Waals surface area contributed by atoms with Gasteiger partial charge >= 0.3 is 0 Å². The van der Waals surface area contributed by atoms with Gasteiger partial charge in [-0.1, -0.05) is 6.92 Å². The second-order valence-electron chi connectivity index (χ2n) is 3.10. The van der Waals surface area contributed by atoms with Gasteiger partial charge in [0.25, 0.3) is 0 Å². The Labute approximate surface area is 97.3 Å². The van der Waals surface area contributed by atoms with Gasteiger partial charge in [0.15, 0.2) is 0 Å². The third-order valence-electron chi connectivity index (χ3n) is 1.84. The van der Waals surface area contributed by atoms with Gasteiger partial charge in [-0.3, -0.25) is 4.90 Å². The molecule has 0 saturated heterocycles. The Morgan fingerprint density at radius 3 is 2.93 bits per heavy atom. The van der Waals surface area contributed by atoms with Crippen LogP contribution in [-0.4, -0.2) is 18.0 Å². The average Bonchev–Trinajstić information content (AvgIpc) is 2.52. The van der Waals surface area contributed by atoms with Gasteiger partial charge in [-0.2, -0.15) is 5.26 Å². The van der Waals surface area contributed by atoms with Crippen molar-refractivity contribution in [1.29, 1.82) is 5.26 Å². The van der Waals surface area contributed by atoms with Crippen molar-refractivity contribution in [1.82, 2.24) is 4.90 Å². The lowest BCUT2D eigenvalue weighted by molar-refractivity contribution is 0.301. The van der Waals surface area contributed by atoms with E-state index in [2.05, 4.69) is 45.3 Å². The minimum atomic E-state index is 0.517. The Bertz CT molecular complexity index is 316. The molecule has 1 heterocycles. The quantitative estimate of drug-likeness (QED) is 0.770. The summed E-state index contributed by atoms with van der Waals surface area (Å²) >= 11 is 5.16. The molecule has 4 heteroatoms. The summed E-state index contributed by atoms with van der Waals surface area (Å²) in [5, 5.41) is 10.7. The molecule has 1 aromatic rings. The zero-order valence-corrected chi connectivity index (χ0v) is 10.6. The van der Waals surface area contributed by atoms with E-state index >= 15 is 0 Å². The van der Waals surface area contributed by atoms with E-state index in [-0.39, 0.29) is 0 Å². The highest BCUT2D eigenvalue weighted by molar-refractivity contribution is 9.10. The molecule has 0 aliphatic carbocycles. The maximum Gasteiger partial charge on any atom is 0.0869 e. The fourth-order valence-corrected chi connectivity index (χ4v) is 2.78. The Balaban J connectivity index is 2.51. The van der Waals surface area contributed by atoms with E-state index in [4.69, 9.17) is 5.26 Å². The fourth-order valence-electron chi connectivity index (χ4n) is 1.29. The molecule has 1 aromatic heterocycles. The first-order chi connectivity index (χ1) is 6.76. The van der Waals surface area contributed by atoms with Crippen LogP contribution in [0.5, 0.6) is 0 Å². The van der Waals surface area contributed by atoms with Gasteiger partial charge < -0.3 is 0 Å². The van der Waals surface area contributed by atoms with Crippen LogP contribution in [0.3, 0.4) is 0 Å². The van der Waals surface area contributed by atoms with E-state index in [9.17, 15) is 0 Å². The van der Waals surface area contributed by atoms with Gasteiger partial charge in [-0.25, -0.2) is 0 Å². The number of thiophene rings is 1. The molecule has 2 nitrogen and oxygen atoms in total. The molecule has 1 rings (SSSR count). The van der Waals surface area contributed by atoms with Crippen LogP contribution in [0.25, 0.3) is 0 Å². The molecule has 76 valence electrons. The van der Waals surface area contributed by atoms with Crippen molar-refractivity contribution in [2.45, 2.75) is 19.9 Å². The molecule has 14 heavy (non-hydrogen) atoms. The molecule has 0 N–H and O–H groups in total. The molecule has 0 amide bonds. The third-order valence-corrected chi connectivity index (χ3v) is 3.52. The lowest BCUT2D eigenvalue weighted by Crippen LogP contribution is -2.23. The van der Waals surface area contributed by atoms with Gasteiger partial charge in [-0.15, -0.1) is 11.3 Å². The highest BCUT2D eigenvalue weighted by Crippen LogP contribution is 2.21. The maximum atomic E-state index is 8.65. The minimum absolute atomic E-state index is 0.517. The summed E-state index contributed by atoms with van der Waals surface area (Å²) in [5.41, 5.74) is 0. The van der Waals surface area contributed by atoms with Crippen molar-refractivity contribution in [2.24, 2.45) is 0 Å². The molecule has 0 aliphatic rings. The second kappa shape index (κ2) is 6.18. The van der Waals surface area contributed by atoms with Crippen LogP contribution in [0, 0.1) is 11.3 Å². The van der Waals surface area contributed by atoms with Crippen molar-refractivity contribution < 1.29 is 0 Å². The molecule has 0 fully saturated rings. The Morgan fingerprint density at radius 1 is 1.64 bits per heavy atom. The van der Waals surface area contributed by atoms with Gasteiger partial charge in [0.2, 0.25) is 0 Å². The molecule has 0 bridgehead atoms. The lowest BCUT2D eigenvalue weighted by atomic mass is 10.3. The first-order valence-electron chi connectivity index (χ1n) is 4.58. The minimum Gasteiger partial charge on any atom is -0.285 e. The fraction of sp³-hybridized carbons (Fsp3) is 0.500. The summed E-state index contributed by atoms with van der Waals surface area (Å²) in [6.45, 7) is 4.53. The van der Waals surface area contributed by atoms with Crippen LogP contribution in [0.15, 0.2) is 15.9 Å². The molecule has 0 radical (unpaired) electrons. The van der Waals surface area contributed by atoms with Gasteiger partial charge in [-0.05, 0) is 35.0 Å². The number of nitriles is 1.